The fourth-order valence-electron chi connectivity index (χ4n) is 5.39. The van der Waals surface area contributed by atoms with Crippen LogP contribution in [0.4, 0.5) is 5.69 Å². The zero-order valence-electron chi connectivity index (χ0n) is 20.0. The number of hydrogen-bond donors (Lipinski definition) is 1. The molecule has 6 heteroatoms. The lowest BCUT2D eigenvalue weighted by molar-refractivity contribution is 0.0256. The molecule has 6 rings (SSSR count). The third-order valence-electron chi connectivity index (χ3n) is 7.32. The van der Waals surface area contributed by atoms with E-state index in [9.17, 15) is 0 Å². The fourth-order valence-corrected chi connectivity index (χ4v) is 5.39. The minimum Gasteiger partial charge on any atom is -0.490 e. The zero-order chi connectivity index (χ0) is 23.2. The van der Waals surface area contributed by atoms with Crippen molar-refractivity contribution in [3.05, 3.63) is 54.2 Å². The van der Waals surface area contributed by atoms with Crippen LogP contribution in [0.25, 0.3) is 33.4 Å². The number of ether oxygens (including phenoxy) is 2. The molecule has 2 aromatic carbocycles. The number of aromatic nitrogens is 3. The summed E-state index contributed by atoms with van der Waals surface area (Å²) in [5.74, 6) is 0.936. The Balaban J connectivity index is 1.59. The van der Waals surface area contributed by atoms with E-state index in [1.165, 1.54) is 52.5 Å². The molecule has 2 aliphatic rings. The van der Waals surface area contributed by atoms with Crippen molar-refractivity contribution in [2.24, 2.45) is 7.05 Å². The number of nitrogens with two attached hydrogens (primary N) is 1. The average molecular weight is 457 g/mol. The number of benzene rings is 2. The Morgan fingerprint density at radius 1 is 1.03 bits per heavy atom. The minimum absolute atomic E-state index is 0.215. The molecule has 1 aliphatic carbocycles. The lowest BCUT2D eigenvalue weighted by Gasteiger charge is -2.30. The minimum atomic E-state index is 0.215. The van der Waals surface area contributed by atoms with Crippen LogP contribution in [0.5, 0.6) is 5.75 Å². The van der Waals surface area contributed by atoms with Gasteiger partial charge < -0.3 is 19.8 Å². The second-order valence-corrected chi connectivity index (χ2v) is 9.74. The first-order chi connectivity index (χ1) is 16.6. The summed E-state index contributed by atoms with van der Waals surface area (Å²) >= 11 is 0. The van der Waals surface area contributed by atoms with Gasteiger partial charge in [0, 0.05) is 54.8 Å². The Morgan fingerprint density at radius 2 is 1.79 bits per heavy atom. The third-order valence-corrected chi connectivity index (χ3v) is 7.32. The van der Waals surface area contributed by atoms with E-state index < -0.39 is 0 Å². The van der Waals surface area contributed by atoms with Crippen molar-refractivity contribution in [2.75, 3.05) is 18.9 Å². The largest absolute Gasteiger partial charge is 0.490 e. The number of fused-ring (bicyclic) bond motifs is 1. The van der Waals surface area contributed by atoms with Gasteiger partial charge in [-0.25, -0.2) is 0 Å². The zero-order valence-corrected chi connectivity index (χ0v) is 20.0. The fraction of sp³-hybridized carbons (Fsp3) is 0.393. The summed E-state index contributed by atoms with van der Waals surface area (Å²) in [5.41, 5.74) is 13.9. The standard InChI is InChI=1S/C28H32N4O2/c1-18-17-31(2)30-27(18)26-24-11-10-23(34-22-12-14-33-15-13-22)16-25(24)32(21-4-3-5-21)28(26)19-6-8-20(29)9-7-19/h6-11,16-17,21-22H,3-5,12-15,29H2,1-2H3. The summed E-state index contributed by atoms with van der Waals surface area (Å²) in [7, 11) is 1.99. The van der Waals surface area contributed by atoms with Gasteiger partial charge in [0.2, 0.25) is 0 Å². The van der Waals surface area contributed by atoms with E-state index in [-0.39, 0.29) is 6.10 Å². The number of hydrogen-bond acceptors (Lipinski definition) is 4. The van der Waals surface area contributed by atoms with Crippen molar-refractivity contribution in [1.29, 1.82) is 0 Å². The smallest absolute Gasteiger partial charge is 0.121 e. The van der Waals surface area contributed by atoms with E-state index in [0.29, 0.717) is 6.04 Å². The molecule has 0 radical (unpaired) electrons. The number of nitrogens with zero attached hydrogens (tertiary/aromatic N) is 3. The Bertz CT molecular complexity index is 1320. The van der Waals surface area contributed by atoms with Gasteiger partial charge in [-0.3, -0.25) is 4.68 Å². The summed E-state index contributed by atoms with van der Waals surface area (Å²) in [6.45, 7) is 3.69. The van der Waals surface area contributed by atoms with Gasteiger partial charge in [-0.15, -0.1) is 0 Å². The van der Waals surface area contributed by atoms with Crippen LogP contribution in [0.15, 0.2) is 48.7 Å². The third kappa shape index (κ3) is 3.66. The van der Waals surface area contributed by atoms with Crippen LogP contribution in [0.3, 0.4) is 0 Å². The lowest BCUT2D eigenvalue weighted by atomic mass is 9.92. The summed E-state index contributed by atoms with van der Waals surface area (Å²) in [6, 6.07) is 15.3. The molecule has 0 unspecified atom stereocenters. The van der Waals surface area contributed by atoms with E-state index in [1.807, 2.05) is 23.9 Å². The summed E-state index contributed by atoms with van der Waals surface area (Å²) in [4.78, 5) is 0. The quantitative estimate of drug-likeness (QED) is 0.381. The van der Waals surface area contributed by atoms with Crippen molar-refractivity contribution in [3.63, 3.8) is 0 Å². The molecular formula is C28H32N4O2. The highest BCUT2D eigenvalue weighted by atomic mass is 16.5. The van der Waals surface area contributed by atoms with E-state index in [1.54, 1.807) is 0 Å². The molecule has 3 heterocycles. The predicted molar refractivity (Wildman–Crippen MR) is 136 cm³/mol. The normalized spacial score (nSPS) is 17.2. The lowest BCUT2D eigenvalue weighted by Crippen LogP contribution is -2.25. The van der Waals surface area contributed by atoms with E-state index in [0.717, 1.165) is 43.2 Å². The van der Waals surface area contributed by atoms with Crippen LogP contribution in [-0.2, 0) is 11.8 Å². The molecule has 0 atom stereocenters. The highest BCUT2D eigenvalue weighted by Crippen LogP contribution is 2.47. The van der Waals surface area contributed by atoms with Crippen LogP contribution in [0.2, 0.25) is 0 Å². The van der Waals surface area contributed by atoms with E-state index >= 15 is 0 Å². The first-order valence-electron chi connectivity index (χ1n) is 12.4. The molecule has 2 fully saturated rings. The molecule has 0 spiro atoms. The number of aryl methyl sites for hydroxylation is 2. The van der Waals surface area contributed by atoms with Gasteiger partial charge in [-0.2, -0.15) is 5.10 Å². The molecular weight excluding hydrogens is 424 g/mol. The van der Waals surface area contributed by atoms with Gasteiger partial charge in [-0.1, -0.05) is 12.1 Å². The van der Waals surface area contributed by atoms with E-state index in [2.05, 4.69) is 48.0 Å². The molecule has 1 saturated carbocycles. The number of anilines is 1. The second kappa shape index (κ2) is 8.51. The highest BCUT2D eigenvalue weighted by Gasteiger charge is 2.30. The van der Waals surface area contributed by atoms with Gasteiger partial charge in [0.1, 0.15) is 11.9 Å². The average Bonchev–Trinajstić information content (AvgIpc) is 3.30. The summed E-state index contributed by atoms with van der Waals surface area (Å²) in [6.07, 6.45) is 7.84. The molecule has 0 amide bonds. The van der Waals surface area contributed by atoms with Gasteiger partial charge >= 0.3 is 0 Å². The maximum atomic E-state index is 6.42. The summed E-state index contributed by atoms with van der Waals surface area (Å²) in [5, 5.41) is 6.12. The topological polar surface area (TPSA) is 67.2 Å². The summed E-state index contributed by atoms with van der Waals surface area (Å²) < 4.78 is 16.4. The van der Waals surface area contributed by atoms with Crippen LogP contribution in [-0.4, -0.2) is 33.7 Å². The SMILES string of the molecule is Cc1cn(C)nc1-c1c(-c2ccc(N)cc2)n(C2CCC2)c2cc(OC3CCOCC3)ccc12. The Morgan fingerprint density at radius 3 is 2.44 bits per heavy atom. The molecule has 0 bridgehead atoms. The molecule has 1 aliphatic heterocycles. The number of rotatable bonds is 5. The predicted octanol–water partition coefficient (Wildman–Crippen LogP) is 5.88. The Labute approximate surface area is 200 Å². The first-order valence-corrected chi connectivity index (χ1v) is 12.4. The Hall–Kier alpha value is -3.25. The van der Waals surface area contributed by atoms with Crippen molar-refractivity contribution in [3.8, 4) is 28.3 Å². The Kier molecular flexibility index (Phi) is 5.33. The number of nitrogen functional groups attached to an aromatic ring is 1. The monoisotopic (exact) mass is 456 g/mol. The van der Waals surface area contributed by atoms with Gasteiger partial charge in [-0.05, 0) is 61.6 Å². The van der Waals surface area contributed by atoms with Crippen LogP contribution in [0, 0.1) is 6.92 Å². The molecule has 2 aromatic heterocycles. The van der Waals surface area contributed by atoms with Crippen molar-refractivity contribution >= 4 is 16.6 Å². The van der Waals surface area contributed by atoms with Crippen LogP contribution >= 0.6 is 0 Å². The van der Waals surface area contributed by atoms with Gasteiger partial charge in [0.25, 0.3) is 0 Å². The second-order valence-electron chi connectivity index (χ2n) is 9.74. The van der Waals surface area contributed by atoms with Crippen LogP contribution < -0.4 is 10.5 Å². The van der Waals surface area contributed by atoms with Gasteiger partial charge in [0.15, 0.2) is 0 Å². The maximum absolute atomic E-state index is 6.42. The molecule has 176 valence electrons. The molecule has 34 heavy (non-hydrogen) atoms. The van der Waals surface area contributed by atoms with Crippen LogP contribution in [0.1, 0.15) is 43.7 Å². The van der Waals surface area contributed by atoms with Crippen molar-refractivity contribution in [2.45, 2.75) is 51.2 Å². The van der Waals surface area contributed by atoms with Crippen molar-refractivity contribution in [1.82, 2.24) is 14.3 Å². The maximum Gasteiger partial charge on any atom is 0.121 e. The molecule has 4 aromatic rings. The molecule has 1 saturated heterocycles. The molecule has 6 nitrogen and oxygen atoms in total. The molecule has 2 N–H and O–H groups in total. The van der Waals surface area contributed by atoms with E-state index in [4.69, 9.17) is 20.3 Å². The van der Waals surface area contributed by atoms with Gasteiger partial charge in [0.05, 0.1) is 30.1 Å². The van der Waals surface area contributed by atoms with Crippen molar-refractivity contribution < 1.29 is 9.47 Å². The first kappa shape index (κ1) is 21.3. The highest BCUT2D eigenvalue weighted by molar-refractivity contribution is 6.05.